The van der Waals surface area contributed by atoms with Crippen molar-refractivity contribution in [3.63, 3.8) is 0 Å². The van der Waals surface area contributed by atoms with Crippen LogP contribution in [-0.4, -0.2) is 31.6 Å². The number of nitrogens with zero attached hydrogens (tertiary/aromatic N) is 1. The lowest BCUT2D eigenvalue weighted by atomic mass is 9.52. The SMILES string of the molecule is CNc1cc2c(cc1C)[C@@]13CCCC[C@H]1[C@H](C2)N(C)CC3. The summed E-state index contributed by atoms with van der Waals surface area (Å²) in [4.78, 5) is 2.65. The minimum atomic E-state index is 0.500. The Kier molecular flexibility index (Phi) is 3.08. The molecule has 114 valence electrons. The third-order valence-corrected chi connectivity index (χ3v) is 6.72. The molecule has 2 heteroatoms. The van der Waals surface area contributed by atoms with Gasteiger partial charge in [-0.1, -0.05) is 18.9 Å². The Morgan fingerprint density at radius 1 is 1.24 bits per heavy atom. The van der Waals surface area contributed by atoms with Gasteiger partial charge in [-0.05, 0) is 74.9 Å². The Hall–Kier alpha value is -1.02. The van der Waals surface area contributed by atoms with Crippen LogP contribution in [0.25, 0.3) is 0 Å². The number of benzene rings is 1. The van der Waals surface area contributed by atoms with Crippen molar-refractivity contribution >= 4 is 5.69 Å². The van der Waals surface area contributed by atoms with Gasteiger partial charge in [0.15, 0.2) is 0 Å². The average Bonchev–Trinajstić information content (AvgIpc) is 2.51. The van der Waals surface area contributed by atoms with E-state index < -0.39 is 0 Å². The first kappa shape index (κ1) is 13.6. The summed E-state index contributed by atoms with van der Waals surface area (Å²) in [6.07, 6.45) is 8.37. The van der Waals surface area contributed by atoms with Crippen LogP contribution < -0.4 is 5.32 Å². The average molecular weight is 284 g/mol. The van der Waals surface area contributed by atoms with Crippen molar-refractivity contribution in [2.24, 2.45) is 5.92 Å². The second-order valence-corrected chi connectivity index (χ2v) is 7.58. The summed E-state index contributed by atoms with van der Waals surface area (Å²) < 4.78 is 0. The molecule has 0 amide bonds. The largest absolute Gasteiger partial charge is 0.388 e. The van der Waals surface area contributed by atoms with E-state index in [0.717, 1.165) is 12.0 Å². The van der Waals surface area contributed by atoms with E-state index in [0.29, 0.717) is 5.41 Å². The summed E-state index contributed by atoms with van der Waals surface area (Å²) in [5.41, 5.74) is 6.58. The summed E-state index contributed by atoms with van der Waals surface area (Å²) >= 11 is 0. The predicted molar refractivity (Wildman–Crippen MR) is 89.1 cm³/mol. The van der Waals surface area contributed by atoms with Crippen molar-refractivity contribution < 1.29 is 0 Å². The maximum Gasteiger partial charge on any atom is 0.0370 e. The fourth-order valence-electron chi connectivity index (χ4n) is 5.63. The molecule has 0 unspecified atom stereocenters. The van der Waals surface area contributed by atoms with Crippen molar-refractivity contribution in [2.45, 2.75) is 56.9 Å². The van der Waals surface area contributed by atoms with Gasteiger partial charge in [0.1, 0.15) is 0 Å². The molecule has 2 nitrogen and oxygen atoms in total. The number of aryl methyl sites for hydroxylation is 1. The van der Waals surface area contributed by atoms with Gasteiger partial charge < -0.3 is 10.2 Å². The molecule has 4 rings (SSSR count). The van der Waals surface area contributed by atoms with Crippen LogP contribution in [0.4, 0.5) is 5.69 Å². The maximum absolute atomic E-state index is 3.38. The second-order valence-electron chi connectivity index (χ2n) is 7.58. The Balaban J connectivity index is 1.89. The van der Waals surface area contributed by atoms with Gasteiger partial charge in [0.2, 0.25) is 0 Å². The molecule has 2 fully saturated rings. The smallest absolute Gasteiger partial charge is 0.0370 e. The Morgan fingerprint density at radius 3 is 2.90 bits per heavy atom. The fourth-order valence-corrected chi connectivity index (χ4v) is 5.63. The monoisotopic (exact) mass is 284 g/mol. The molecule has 1 heterocycles. The lowest BCUT2D eigenvalue weighted by Crippen LogP contribution is -2.59. The third kappa shape index (κ3) is 1.81. The molecule has 1 saturated heterocycles. The van der Waals surface area contributed by atoms with Crippen LogP contribution in [0.3, 0.4) is 0 Å². The van der Waals surface area contributed by atoms with Gasteiger partial charge in [-0.2, -0.15) is 0 Å². The molecule has 1 saturated carbocycles. The van der Waals surface area contributed by atoms with E-state index in [1.807, 2.05) is 7.05 Å². The summed E-state index contributed by atoms with van der Waals surface area (Å²) in [5.74, 6) is 0.900. The summed E-state index contributed by atoms with van der Waals surface area (Å²) in [5, 5.41) is 3.38. The van der Waals surface area contributed by atoms with Crippen molar-refractivity contribution in [1.82, 2.24) is 4.90 Å². The number of rotatable bonds is 1. The first-order valence-corrected chi connectivity index (χ1v) is 8.68. The van der Waals surface area contributed by atoms with Crippen molar-refractivity contribution in [3.05, 3.63) is 28.8 Å². The number of nitrogens with one attached hydrogen (secondary N) is 1. The molecule has 0 radical (unpaired) electrons. The molecular weight excluding hydrogens is 256 g/mol. The quantitative estimate of drug-likeness (QED) is 0.845. The van der Waals surface area contributed by atoms with Crippen LogP contribution in [0.5, 0.6) is 0 Å². The van der Waals surface area contributed by atoms with Crippen LogP contribution in [0.2, 0.25) is 0 Å². The van der Waals surface area contributed by atoms with E-state index in [-0.39, 0.29) is 0 Å². The molecule has 0 aromatic heterocycles. The van der Waals surface area contributed by atoms with Crippen LogP contribution in [-0.2, 0) is 11.8 Å². The van der Waals surface area contributed by atoms with E-state index in [4.69, 9.17) is 0 Å². The Bertz CT molecular complexity index is 565. The molecule has 1 aliphatic heterocycles. The highest BCUT2D eigenvalue weighted by molar-refractivity contribution is 5.58. The van der Waals surface area contributed by atoms with Crippen LogP contribution in [0.1, 0.15) is 48.8 Å². The zero-order valence-electron chi connectivity index (χ0n) is 13.7. The number of anilines is 1. The van der Waals surface area contributed by atoms with Gasteiger partial charge in [-0.25, -0.2) is 0 Å². The molecule has 21 heavy (non-hydrogen) atoms. The molecule has 1 aromatic carbocycles. The zero-order valence-corrected chi connectivity index (χ0v) is 13.7. The first-order chi connectivity index (χ1) is 10.2. The van der Waals surface area contributed by atoms with Gasteiger partial charge in [0.05, 0.1) is 0 Å². The van der Waals surface area contributed by atoms with Gasteiger partial charge >= 0.3 is 0 Å². The number of likely N-dealkylation sites (tertiary alicyclic amines) is 1. The number of fused-ring (bicyclic) bond motifs is 1. The number of piperidine rings is 1. The highest BCUT2D eigenvalue weighted by atomic mass is 15.1. The van der Waals surface area contributed by atoms with E-state index in [1.54, 1.807) is 11.1 Å². The van der Waals surface area contributed by atoms with E-state index in [2.05, 4.69) is 36.3 Å². The first-order valence-electron chi connectivity index (χ1n) is 8.68. The molecule has 3 atom stereocenters. The van der Waals surface area contributed by atoms with E-state index in [9.17, 15) is 0 Å². The van der Waals surface area contributed by atoms with Crippen molar-refractivity contribution in [1.29, 1.82) is 0 Å². The maximum atomic E-state index is 3.38. The van der Waals surface area contributed by atoms with Gasteiger partial charge in [-0.3, -0.25) is 0 Å². The molecule has 2 bridgehead atoms. The van der Waals surface area contributed by atoms with Gasteiger partial charge in [-0.15, -0.1) is 0 Å². The fraction of sp³-hybridized carbons (Fsp3) is 0.684. The lowest BCUT2D eigenvalue weighted by Gasteiger charge is -2.58. The predicted octanol–water partition coefficient (Wildman–Crippen LogP) is 3.72. The topological polar surface area (TPSA) is 15.3 Å². The number of hydrogen-bond acceptors (Lipinski definition) is 2. The second kappa shape index (κ2) is 4.74. The third-order valence-electron chi connectivity index (χ3n) is 6.72. The summed E-state index contributed by atoms with van der Waals surface area (Å²) in [6.45, 7) is 3.55. The Labute approximate surface area is 128 Å². The van der Waals surface area contributed by atoms with E-state index in [1.165, 1.54) is 56.3 Å². The summed E-state index contributed by atoms with van der Waals surface area (Å²) in [6, 6.07) is 5.75. The van der Waals surface area contributed by atoms with Crippen molar-refractivity contribution in [3.8, 4) is 0 Å². The highest BCUT2D eigenvalue weighted by Gasteiger charge is 2.53. The zero-order chi connectivity index (χ0) is 14.6. The van der Waals surface area contributed by atoms with Crippen LogP contribution in [0, 0.1) is 12.8 Å². The molecule has 1 aromatic rings. The standard InChI is InChI=1S/C19H28N2/c1-13-10-16-14(11-17(13)20-2)12-18-15-6-4-5-7-19(15,16)8-9-21(18)3/h10-11,15,18,20H,4-9,12H2,1-3H3/t15-,18-,19+/m0/s1. The molecule has 1 N–H and O–H groups in total. The highest BCUT2D eigenvalue weighted by Crippen LogP contribution is 2.55. The molecule has 2 aliphatic carbocycles. The van der Waals surface area contributed by atoms with Crippen LogP contribution in [0.15, 0.2) is 12.1 Å². The lowest BCUT2D eigenvalue weighted by molar-refractivity contribution is 0.00285. The minimum Gasteiger partial charge on any atom is -0.388 e. The molecular formula is C19H28N2. The number of likely N-dealkylation sites (N-methyl/N-ethyl adjacent to an activating group) is 1. The normalized spacial score (nSPS) is 35.0. The van der Waals surface area contributed by atoms with Crippen LogP contribution >= 0.6 is 0 Å². The van der Waals surface area contributed by atoms with Gasteiger partial charge in [0.25, 0.3) is 0 Å². The van der Waals surface area contributed by atoms with Gasteiger partial charge in [0, 0.05) is 24.2 Å². The minimum absolute atomic E-state index is 0.500. The Morgan fingerprint density at radius 2 is 2.10 bits per heavy atom. The van der Waals surface area contributed by atoms with E-state index >= 15 is 0 Å². The van der Waals surface area contributed by atoms with Crippen molar-refractivity contribution in [2.75, 3.05) is 26.0 Å². The number of hydrogen-bond donors (Lipinski definition) is 1. The summed E-state index contributed by atoms with van der Waals surface area (Å²) in [7, 11) is 4.40. The molecule has 0 spiro atoms. The molecule has 3 aliphatic rings.